The van der Waals surface area contributed by atoms with Gasteiger partial charge in [-0.15, -0.1) is 5.10 Å². The molecular formula is C14H20ClN7O. The lowest BCUT2D eigenvalue weighted by Crippen LogP contribution is -2.37. The highest BCUT2D eigenvalue weighted by molar-refractivity contribution is 6.30. The Morgan fingerprint density at radius 1 is 1.43 bits per heavy atom. The molecule has 0 aromatic carbocycles. The number of hydrogen-bond donors (Lipinski definition) is 0. The minimum Gasteiger partial charge on any atom is -0.339 e. The van der Waals surface area contributed by atoms with Crippen LogP contribution in [0.1, 0.15) is 12.5 Å². The summed E-state index contributed by atoms with van der Waals surface area (Å²) < 4.78 is 3.53. The zero-order chi connectivity index (χ0) is 16.4. The summed E-state index contributed by atoms with van der Waals surface area (Å²) in [6.45, 7) is 1.86. The zero-order valence-electron chi connectivity index (χ0n) is 13.2. The zero-order valence-corrected chi connectivity index (χ0v) is 14.0. The molecule has 1 saturated heterocycles. The number of hydrogen-bond acceptors (Lipinski definition) is 5. The molecule has 124 valence electrons. The predicted molar refractivity (Wildman–Crippen MR) is 85.0 cm³/mol. The van der Waals surface area contributed by atoms with Crippen LogP contribution < -0.4 is 0 Å². The van der Waals surface area contributed by atoms with Gasteiger partial charge in [0.15, 0.2) is 0 Å². The van der Waals surface area contributed by atoms with E-state index < -0.39 is 0 Å². The molecule has 0 aliphatic carbocycles. The van der Waals surface area contributed by atoms with Crippen LogP contribution >= 0.6 is 11.6 Å². The van der Waals surface area contributed by atoms with E-state index in [-0.39, 0.29) is 18.0 Å². The van der Waals surface area contributed by atoms with Gasteiger partial charge in [0.25, 0.3) is 0 Å². The number of aromatic nitrogens is 5. The monoisotopic (exact) mass is 337 g/mol. The van der Waals surface area contributed by atoms with E-state index in [9.17, 15) is 4.79 Å². The molecule has 1 aliphatic rings. The maximum atomic E-state index is 12.5. The largest absolute Gasteiger partial charge is 0.339 e. The second-order valence-electron chi connectivity index (χ2n) is 5.95. The highest BCUT2D eigenvalue weighted by Gasteiger charge is 2.37. The molecule has 1 fully saturated rings. The van der Waals surface area contributed by atoms with Gasteiger partial charge in [0.2, 0.25) is 5.91 Å². The summed E-state index contributed by atoms with van der Waals surface area (Å²) in [6, 6.07) is 0.343. The fraction of sp³-hybridized carbons (Fsp3) is 0.571. The van der Waals surface area contributed by atoms with Crippen molar-refractivity contribution in [3.63, 3.8) is 0 Å². The Bertz CT molecular complexity index is 654. The average molecular weight is 338 g/mol. The van der Waals surface area contributed by atoms with Crippen LogP contribution in [0.15, 0.2) is 24.8 Å². The molecule has 2 aromatic rings. The molecule has 2 aromatic heterocycles. The molecule has 0 N–H and O–H groups in total. The van der Waals surface area contributed by atoms with Crippen molar-refractivity contribution in [2.75, 3.05) is 27.2 Å². The molecule has 0 radical (unpaired) electrons. The van der Waals surface area contributed by atoms with Gasteiger partial charge in [-0.1, -0.05) is 16.8 Å². The minimum atomic E-state index is 0.117. The number of aryl methyl sites for hydroxylation is 1. The number of nitrogens with zero attached hydrogens (tertiary/aromatic N) is 7. The van der Waals surface area contributed by atoms with Crippen molar-refractivity contribution in [2.24, 2.45) is 0 Å². The number of carbonyl (C=O) groups excluding carboxylic acids is 1. The van der Waals surface area contributed by atoms with Crippen LogP contribution in [0.5, 0.6) is 0 Å². The number of halogens is 1. The first-order valence-electron chi connectivity index (χ1n) is 7.52. The van der Waals surface area contributed by atoms with E-state index in [4.69, 9.17) is 11.6 Å². The van der Waals surface area contributed by atoms with E-state index in [1.54, 1.807) is 23.3 Å². The van der Waals surface area contributed by atoms with Crippen molar-refractivity contribution in [2.45, 2.75) is 25.0 Å². The fourth-order valence-electron chi connectivity index (χ4n) is 2.96. The molecule has 1 aliphatic heterocycles. The first kappa shape index (κ1) is 15.9. The van der Waals surface area contributed by atoms with E-state index in [1.807, 2.05) is 29.9 Å². The number of amides is 1. The van der Waals surface area contributed by atoms with Crippen LogP contribution in [0.25, 0.3) is 0 Å². The Balaban J connectivity index is 1.62. The predicted octanol–water partition coefficient (Wildman–Crippen LogP) is 0.532. The van der Waals surface area contributed by atoms with Gasteiger partial charge in [-0.25, -0.2) is 4.68 Å². The maximum absolute atomic E-state index is 12.5. The third-order valence-electron chi connectivity index (χ3n) is 4.21. The van der Waals surface area contributed by atoms with E-state index in [1.165, 1.54) is 0 Å². The SMILES string of the molecule is CN(C)[C@@H]1CN(C(=O)CCn2cc(Cl)cn2)C[C@@H]1n1ccnn1. The lowest BCUT2D eigenvalue weighted by Gasteiger charge is -2.24. The molecule has 9 heteroatoms. The second kappa shape index (κ2) is 6.67. The number of rotatable bonds is 5. The summed E-state index contributed by atoms with van der Waals surface area (Å²) in [6.07, 6.45) is 7.21. The summed E-state index contributed by atoms with van der Waals surface area (Å²) in [7, 11) is 4.04. The van der Waals surface area contributed by atoms with Gasteiger partial charge in [0.1, 0.15) is 0 Å². The first-order valence-corrected chi connectivity index (χ1v) is 7.90. The van der Waals surface area contributed by atoms with Gasteiger partial charge in [0.05, 0.1) is 29.5 Å². The van der Waals surface area contributed by atoms with Crippen LogP contribution in [0, 0.1) is 0 Å². The molecule has 2 atom stereocenters. The molecule has 3 rings (SSSR count). The van der Waals surface area contributed by atoms with Crippen LogP contribution in [0.3, 0.4) is 0 Å². The summed E-state index contributed by atoms with van der Waals surface area (Å²) in [4.78, 5) is 16.5. The van der Waals surface area contributed by atoms with Gasteiger partial charge in [0, 0.05) is 38.4 Å². The number of carbonyl (C=O) groups is 1. The molecule has 0 unspecified atom stereocenters. The third-order valence-corrected chi connectivity index (χ3v) is 4.41. The summed E-state index contributed by atoms with van der Waals surface area (Å²) >= 11 is 5.83. The van der Waals surface area contributed by atoms with Gasteiger partial charge in [-0.05, 0) is 14.1 Å². The van der Waals surface area contributed by atoms with E-state index in [0.29, 0.717) is 31.1 Å². The van der Waals surface area contributed by atoms with Crippen molar-refractivity contribution >= 4 is 17.5 Å². The third kappa shape index (κ3) is 3.53. The topological polar surface area (TPSA) is 72.1 Å². The van der Waals surface area contributed by atoms with Gasteiger partial charge >= 0.3 is 0 Å². The lowest BCUT2D eigenvalue weighted by molar-refractivity contribution is -0.130. The summed E-state index contributed by atoms with van der Waals surface area (Å²) in [5.74, 6) is 0.117. The molecule has 0 saturated carbocycles. The Morgan fingerprint density at radius 3 is 2.87 bits per heavy atom. The second-order valence-corrected chi connectivity index (χ2v) is 6.39. The Morgan fingerprint density at radius 2 is 2.26 bits per heavy atom. The summed E-state index contributed by atoms with van der Waals surface area (Å²) in [5.41, 5.74) is 0. The number of likely N-dealkylation sites (N-methyl/N-ethyl adjacent to an activating group) is 1. The van der Waals surface area contributed by atoms with Crippen molar-refractivity contribution in [3.05, 3.63) is 29.8 Å². The minimum absolute atomic E-state index is 0.117. The summed E-state index contributed by atoms with van der Waals surface area (Å²) in [5, 5.41) is 12.6. The van der Waals surface area contributed by atoms with Crippen LogP contribution in [0.2, 0.25) is 5.02 Å². The van der Waals surface area contributed by atoms with E-state index >= 15 is 0 Å². The Hall–Kier alpha value is -1.93. The Kier molecular flexibility index (Phi) is 4.63. The van der Waals surface area contributed by atoms with Gasteiger partial charge in [-0.3, -0.25) is 9.48 Å². The van der Waals surface area contributed by atoms with Crippen LogP contribution in [-0.4, -0.2) is 73.7 Å². The molecule has 8 nitrogen and oxygen atoms in total. The quantitative estimate of drug-likeness (QED) is 0.796. The fourth-order valence-corrected chi connectivity index (χ4v) is 3.12. The average Bonchev–Trinajstić information content (AvgIpc) is 3.24. The standard InChI is InChI=1S/C14H20ClN7O/c1-19(2)12-9-20(10-13(12)22-6-4-16-18-22)14(23)3-5-21-8-11(15)7-17-21/h4,6-8,12-13H,3,5,9-10H2,1-2H3/t12-,13+/m1/s1. The molecule has 0 bridgehead atoms. The molecule has 1 amide bonds. The first-order chi connectivity index (χ1) is 11.0. The van der Waals surface area contributed by atoms with E-state index in [2.05, 4.69) is 20.3 Å². The Labute approximate surface area is 139 Å². The molecule has 23 heavy (non-hydrogen) atoms. The van der Waals surface area contributed by atoms with Crippen molar-refractivity contribution in [3.8, 4) is 0 Å². The smallest absolute Gasteiger partial charge is 0.224 e. The van der Waals surface area contributed by atoms with Crippen molar-refractivity contribution < 1.29 is 4.79 Å². The van der Waals surface area contributed by atoms with Crippen molar-refractivity contribution in [1.82, 2.24) is 34.6 Å². The van der Waals surface area contributed by atoms with Crippen LogP contribution in [-0.2, 0) is 11.3 Å². The molecular weight excluding hydrogens is 318 g/mol. The van der Waals surface area contributed by atoms with Gasteiger partial charge in [-0.2, -0.15) is 5.10 Å². The van der Waals surface area contributed by atoms with Crippen LogP contribution in [0.4, 0.5) is 0 Å². The molecule has 3 heterocycles. The highest BCUT2D eigenvalue weighted by Crippen LogP contribution is 2.25. The molecule has 0 spiro atoms. The van der Waals surface area contributed by atoms with Crippen molar-refractivity contribution in [1.29, 1.82) is 0 Å². The lowest BCUT2D eigenvalue weighted by atomic mass is 10.1. The highest BCUT2D eigenvalue weighted by atomic mass is 35.5. The number of likely N-dealkylation sites (tertiary alicyclic amines) is 1. The van der Waals surface area contributed by atoms with E-state index in [0.717, 1.165) is 0 Å². The maximum Gasteiger partial charge on any atom is 0.224 e. The normalized spacial score (nSPS) is 21.3. The van der Waals surface area contributed by atoms with Gasteiger partial charge < -0.3 is 9.80 Å².